The Morgan fingerprint density at radius 3 is 2.79 bits per heavy atom. The van der Waals surface area contributed by atoms with E-state index in [9.17, 15) is 4.79 Å². The lowest BCUT2D eigenvalue weighted by molar-refractivity contribution is 0.0957. The zero-order chi connectivity index (χ0) is 13.7. The number of carbonyl (C=O) groups is 1. The van der Waals surface area contributed by atoms with Gasteiger partial charge in [0.1, 0.15) is 5.82 Å². The van der Waals surface area contributed by atoms with Gasteiger partial charge in [0.2, 0.25) is 0 Å². The highest BCUT2D eigenvalue weighted by Gasteiger charge is 2.06. The summed E-state index contributed by atoms with van der Waals surface area (Å²) in [6.45, 7) is 2.68. The van der Waals surface area contributed by atoms with Crippen molar-refractivity contribution in [3.05, 3.63) is 33.9 Å². The lowest BCUT2D eigenvalue weighted by Gasteiger charge is -2.03. The van der Waals surface area contributed by atoms with Crippen LogP contribution in [0.2, 0.25) is 0 Å². The van der Waals surface area contributed by atoms with Crippen LogP contribution in [-0.4, -0.2) is 28.1 Å². The highest BCUT2D eigenvalue weighted by molar-refractivity contribution is 7.09. The molecule has 2 heterocycles. The zero-order valence-corrected chi connectivity index (χ0v) is 11.6. The van der Waals surface area contributed by atoms with Gasteiger partial charge in [-0.05, 0) is 18.6 Å². The number of rotatable bonds is 5. The molecule has 0 saturated heterocycles. The minimum atomic E-state index is -0.244. The van der Waals surface area contributed by atoms with Gasteiger partial charge in [-0.15, -0.1) is 21.5 Å². The van der Waals surface area contributed by atoms with Gasteiger partial charge in [-0.1, -0.05) is 6.92 Å². The molecule has 0 radical (unpaired) electrons. The number of hydrogen-bond acceptors (Lipinski definition) is 6. The average molecular weight is 277 g/mol. The Bertz CT molecular complexity index is 552. The molecule has 0 aliphatic rings. The Morgan fingerprint density at radius 1 is 1.37 bits per heavy atom. The lowest BCUT2D eigenvalue weighted by atomic mass is 10.3. The van der Waals surface area contributed by atoms with Crippen molar-refractivity contribution in [1.29, 1.82) is 0 Å². The number of carbonyl (C=O) groups excluding carboxylic acids is 1. The van der Waals surface area contributed by atoms with Crippen LogP contribution in [0.1, 0.15) is 28.1 Å². The third-order valence-electron chi connectivity index (χ3n) is 2.48. The summed E-state index contributed by atoms with van der Waals surface area (Å²) >= 11 is 1.65. The van der Waals surface area contributed by atoms with Crippen LogP contribution in [-0.2, 0) is 13.0 Å². The Morgan fingerprint density at radius 2 is 2.21 bits per heavy atom. The number of nitrogens with one attached hydrogen (secondary N) is 2. The van der Waals surface area contributed by atoms with Crippen LogP contribution >= 0.6 is 11.3 Å². The van der Waals surface area contributed by atoms with E-state index < -0.39 is 0 Å². The number of amides is 1. The van der Waals surface area contributed by atoms with E-state index in [1.807, 2.05) is 5.38 Å². The number of aromatic nitrogens is 3. The summed E-state index contributed by atoms with van der Waals surface area (Å²) in [7, 11) is 1.56. The minimum absolute atomic E-state index is 0.244. The molecule has 2 aromatic heterocycles. The van der Waals surface area contributed by atoms with Crippen LogP contribution < -0.4 is 10.6 Å². The van der Waals surface area contributed by atoms with Crippen LogP contribution in [0.5, 0.6) is 0 Å². The molecule has 0 atom stereocenters. The van der Waals surface area contributed by atoms with Gasteiger partial charge in [0.15, 0.2) is 5.69 Å². The van der Waals surface area contributed by atoms with Gasteiger partial charge >= 0.3 is 0 Å². The quantitative estimate of drug-likeness (QED) is 0.865. The van der Waals surface area contributed by atoms with Gasteiger partial charge < -0.3 is 10.6 Å². The molecule has 0 aromatic carbocycles. The number of hydrogen-bond donors (Lipinski definition) is 2. The molecule has 100 valence electrons. The largest absolute Gasteiger partial charge is 0.363 e. The summed E-state index contributed by atoms with van der Waals surface area (Å²) in [5.41, 5.74) is 1.29. The molecule has 0 bridgehead atoms. The smallest absolute Gasteiger partial charge is 0.271 e. The van der Waals surface area contributed by atoms with E-state index in [2.05, 4.69) is 32.7 Å². The monoisotopic (exact) mass is 277 g/mol. The van der Waals surface area contributed by atoms with Crippen molar-refractivity contribution in [3.63, 3.8) is 0 Å². The molecule has 0 aliphatic heterocycles. The van der Waals surface area contributed by atoms with E-state index in [-0.39, 0.29) is 5.91 Å². The van der Waals surface area contributed by atoms with Gasteiger partial charge in [-0.25, -0.2) is 4.98 Å². The molecule has 0 aliphatic carbocycles. The highest BCUT2D eigenvalue weighted by Crippen LogP contribution is 2.11. The summed E-state index contributed by atoms with van der Waals surface area (Å²) in [5.74, 6) is 0.379. The normalized spacial score (nSPS) is 10.2. The number of anilines is 1. The van der Waals surface area contributed by atoms with E-state index in [1.165, 1.54) is 0 Å². The summed E-state index contributed by atoms with van der Waals surface area (Å²) in [5, 5.41) is 16.6. The number of aryl methyl sites for hydroxylation is 1. The van der Waals surface area contributed by atoms with Crippen LogP contribution in [0.15, 0.2) is 17.5 Å². The molecule has 6 nitrogen and oxygen atoms in total. The van der Waals surface area contributed by atoms with Crippen molar-refractivity contribution in [1.82, 2.24) is 20.5 Å². The second kappa shape index (κ2) is 6.24. The summed E-state index contributed by atoms with van der Waals surface area (Å²) in [4.78, 5) is 15.7. The SMILES string of the molecule is CCc1nc(CNc2ccc(C(=O)NC)nn2)cs1. The van der Waals surface area contributed by atoms with Crippen LogP contribution in [0.4, 0.5) is 5.82 Å². The van der Waals surface area contributed by atoms with Crippen molar-refractivity contribution in [2.45, 2.75) is 19.9 Å². The van der Waals surface area contributed by atoms with E-state index in [0.717, 1.165) is 17.1 Å². The van der Waals surface area contributed by atoms with E-state index in [1.54, 1.807) is 30.5 Å². The minimum Gasteiger partial charge on any atom is -0.363 e. The Hall–Kier alpha value is -2.02. The highest BCUT2D eigenvalue weighted by atomic mass is 32.1. The summed E-state index contributed by atoms with van der Waals surface area (Å²) in [6.07, 6.45) is 0.950. The average Bonchev–Trinajstić information content (AvgIpc) is 2.93. The molecule has 0 fully saturated rings. The van der Waals surface area contributed by atoms with Gasteiger partial charge in [0.25, 0.3) is 5.91 Å². The Labute approximate surface area is 115 Å². The molecule has 19 heavy (non-hydrogen) atoms. The molecule has 2 N–H and O–H groups in total. The first-order chi connectivity index (χ1) is 9.22. The molecule has 1 amide bonds. The van der Waals surface area contributed by atoms with Crippen molar-refractivity contribution < 1.29 is 4.79 Å². The number of thiazole rings is 1. The summed E-state index contributed by atoms with van der Waals surface area (Å²) in [6, 6.07) is 3.36. The van der Waals surface area contributed by atoms with Crippen LogP contribution in [0.3, 0.4) is 0 Å². The van der Waals surface area contributed by atoms with Gasteiger partial charge in [0, 0.05) is 12.4 Å². The maximum absolute atomic E-state index is 11.3. The first-order valence-electron chi connectivity index (χ1n) is 5.96. The third kappa shape index (κ3) is 3.47. The Balaban J connectivity index is 1.94. The molecule has 0 saturated carbocycles. The van der Waals surface area contributed by atoms with E-state index in [0.29, 0.717) is 18.1 Å². The fourth-order valence-corrected chi connectivity index (χ4v) is 2.19. The maximum Gasteiger partial charge on any atom is 0.271 e. The molecule has 2 rings (SSSR count). The topological polar surface area (TPSA) is 79.8 Å². The molecule has 0 spiro atoms. The second-order valence-electron chi connectivity index (χ2n) is 3.82. The maximum atomic E-state index is 11.3. The third-order valence-corrected chi connectivity index (χ3v) is 3.52. The van der Waals surface area contributed by atoms with Crippen molar-refractivity contribution in [2.24, 2.45) is 0 Å². The van der Waals surface area contributed by atoms with Gasteiger partial charge in [-0.2, -0.15) is 0 Å². The zero-order valence-electron chi connectivity index (χ0n) is 10.8. The molecule has 0 unspecified atom stereocenters. The van der Waals surface area contributed by atoms with Gasteiger partial charge in [-0.3, -0.25) is 4.79 Å². The lowest BCUT2D eigenvalue weighted by Crippen LogP contribution is -2.19. The standard InChI is InChI=1S/C12H15N5OS/c1-3-11-15-8(7-19-11)6-14-10-5-4-9(16-17-10)12(18)13-2/h4-5,7H,3,6H2,1-2H3,(H,13,18)(H,14,17). The molecular weight excluding hydrogens is 262 g/mol. The number of nitrogens with zero attached hydrogens (tertiary/aromatic N) is 3. The summed E-state index contributed by atoms with van der Waals surface area (Å²) < 4.78 is 0. The fourth-order valence-electron chi connectivity index (χ4n) is 1.45. The molecule has 2 aromatic rings. The van der Waals surface area contributed by atoms with Crippen molar-refractivity contribution >= 4 is 23.1 Å². The predicted molar refractivity (Wildman–Crippen MR) is 74.2 cm³/mol. The van der Waals surface area contributed by atoms with E-state index in [4.69, 9.17) is 0 Å². The second-order valence-corrected chi connectivity index (χ2v) is 4.77. The van der Waals surface area contributed by atoms with Crippen molar-refractivity contribution in [2.75, 3.05) is 12.4 Å². The van der Waals surface area contributed by atoms with Gasteiger partial charge in [0.05, 0.1) is 17.2 Å². The molecular formula is C12H15N5OS. The van der Waals surface area contributed by atoms with Crippen molar-refractivity contribution in [3.8, 4) is 0 Å². The van der Waals surface area contributed by atoms with Crippen LogP contribution in [0.25, 0.3) is 0 Å². The Kier molecular flexibility index (Phi) is 4.40. The first kappa shape index (κ1) is 13.4. The first-order valence-corrected chi connectivity index (χ1v) is 6.84. The van der Waals surface area contributed by atoms with Crippen LogP contribution in [0, 0.1) is 0 Å². The van der Waals surface area contributed by atoms with E-state index >= 15 is 0 Å². The molecule has 7 heteroatoms. The predicted octanol–water partition coefficient (Wildman–Crippen LogP) is 1.47. The fraction of sp³-hybridized carbons (Fsp3) is 0.333.